The van der Waals surface area contributed by atoms with Crippen molar-refractivity contribution in [2.24, 2.45) is 5.92 Å². The van der Waals surface area contributed by atoms with Gasteiger partial charge < -0.3 is 14.2 Å². The molecule has 0 N–H and O–H groups in total. The Hall–Kier alpha value is -0.450. The van der Waals surface area contributed by atoms with Crippen LogP contribution in [0.25, 0.3) is 0 Å². The monoisotopic (exact) mass is 244 g/mol. The molecule has 1 saturated heterocycles. The van der Waals surface area contributed by atoms with Gasteiger partial charge in [0.25, 0.3) is 0 Å². The van der Waals surface area contributed by atoms with Crippen LogP contribution in [0.3, 0.4) is 0 Å². The standard InChI is InChI=1S/C13H24O4/c1-3-5-11(12(14)6-4-2)9-15-10-13-16-7-8-17-13/h11,13H,3-10H2,1-2H3. The average molecular weight is 244 g/mol. The molecule has 1 aliphatic rings. The van der Waals surface area contributed by atoms with Crippen LogP contribution in [0, 0.1) is 5.92 Å². The van der Waals surface area contributed by atoms with Crippen LogP contribution in [0.15, 0.2) is 0 Å². The van der Waals surface area contributed by atoms with Crippen molar-refractivity contribution in [1.29, 1.82) is 0 Å². The van der Waals surface area contributed by atoms with Gasteiger partial charge >= 0.3 is 0 Å². The van der Waals surface area contributed by atoms with Crippen molar-refractivity contribution in [3.63, 3.8) is 0 Å². The normalized spacial score (nSPS) is 18.5. The van der Waals surface area contributed by atoms with E-state index >= 15 is 0 Å². The van der Waals surface area contributed by atoms with Gasteiger partial charge in [0.1, 0.15) is 5.78 Å². The molecule has 100 valence electrons. The topological polar surface area (TPSA) is 44.8 Å². The minimum absolute atomic E-state index is 0.0429. The van der Waals surface area contributed by atoms with Crippen LogP contribution in [0.1, 0.15) is 39.5 Å². The van der Waals surface area contributed by atoms with E-state index in [1.807, 2.05) is 6.92 Å². The molecule has 1 heterocycles. The molecule has 1 aliphatic heterocycles. The summed E-state index contributed by atoms with van der Waals surface area (Å²) in [4.78, 5) is 11.8. The van der Waals surface area contributed by atoms with Gasteiger partial charge in [-0.15, -0.1) is 0 Å². The van der Waals surface area contributed by atoms with Gasteiger partial charge in [-0.2, -0.15) is 0 Å². The number of ether oxygens (including phenoxy) is 3. The van der Waals surface area contributed by atoms with Gasteiger partial charge in [0.05, 0.1) is 26.4 Å². The molecule has 1 unspecified atom stereocenters. The van der Waals surface area contributed by atoms with Gasteiger partial charge in [0, 0.05) is 12.3 Å². The number of ketones is 1. The molecule has 1 fully saturated rings. The average Bonchev–Trinajstić information content (AvgIpc) is 2.81. The first-order valence-corrected chi connectivity index (χ1v) is 6.61. The molecule has 0 aromatic heterocycles. The fraction of sp³-hybridized carbons (Fsp3) is 0.923. The number of hydrogen-bond donors (Lipinski definition) is 0. The van der Waals surface area contributed by atoms with Gasteiger partial charge in [0.15, 0.2) is 6.29 Å². The van der Waals surface area contributed by atoms with Crippen LogP contribution in [0.2, 0.25) is 0 Å². The highest BCUT2D eigenvalue weighted by molar-refractivity contribution is 5.81. The summed E-state index contributed by atoms with van der Waals surface area (Å²) in [6.45, 7) is 6.33. The zero-order chi connectivity index (χ0) is 12.5. The molecule has 0 aliphatic carbocycles. The Morgan fingerprint density at radius 2 is 2.00 bits per heavy atom. The van der Waals surface area contributed by atoms with E-state index in [9.17, 15) is 4.79 Å². The smallest absolute Gasteiger partial charge is 0.181 e. The van der Waals surface area contributed by atoms with Gasteiger partial charge in [0.2, 0.25) is 0 Å². The zero-order valence-corrected chi connectivity index (χ0v) is 10.9. The van der Waals surface area contributed by atoms with Crippen LogP contribution in [0.5, 0.6) is 0 Å². The molecule has 1 rings (SSSR count). The molecule has 17 heavy (non-hydrogen) atoms. The number of Topliss-reactive ketones (excluding diaryl/α,β-unsaturated/α-hetero) is 1. The highest BCUT2D eigenvalue weighted by atomic mass is 16.7. The van der Waals surface area contributed by atoms with Crippen molar-refractivity contribution >= 4 is 5.78 Å². The molecule has 0 aromatic carbocycles. The highest BCUT2D eigenvalue weighted by Crippen LogP contribution is 2.13. The summed E-state index contributed by atoms with van der Waals surface area (Å²) >= 11 is 0. The van der Waals surface area contributed by atoms with Gasteiger partial charge in [-0.25, -0.2) is 0 Å². The second-order valence-corrected chi connectivity index (χ2v) is 4.41. The predicted molar refractivity (Wildman–Crippen MR) is 64.8 cm³/mol. The van der Waals surface area contributed by atoms with Crippen LogP contribution >= 0.6 is 0 Å². The molecular formula is C13H24O4. The Bertz CT molecular complexity index is 211. The first kappa shape index (κ1) is 14.6. The maximum atomic E-state index is 11.8. The van der Waals surface area contributed by atoms with Crippen LogP contribution in [-0.4, -0.2) is 38.5 Å². The zero-order valence-electron chi connectivity index (χ0n) is 10.9. The third-order valence-corrected chi connectivity index (χ3v) is 2.85. The van der Waals surface area contributed by atoms with Crippen molar-refractivity contribution in [3.8, 4) is 0 Å². The molecule has 1 atom stereocenters. The van der Waals surface area contributed by atoms with Crippen LogP contribution in [-0.2, 0) is 19.0 Å². The van der Waals surface area contributed by atoms with E-state index in [1.54, 1.807) is 0 Å². The van der Waals surface area contributed by atoms with Crippen LogP contribution in [0.4, 0.5) is 0 Å². The maximum Gasteiger partial charge on any atom is 0.181 e. The van der Waals surface area contributed by atoms with Gasteiger partial charge in [-0.05, 0) is 12.8 Å². The molecule has 0 bridgehead atoms. The third kappa shape index (κ3) is 5.61. The van der Waals surface area contributed by atoms with Crippen LogP contribution < -0.4 is 0 Å². The maximum absolute atomic E-state index is 11.8. The second kappa shape index (κ2) is 8.61. The second-order valence-electron chi connectivity index (χ2n) is 4.41. The summed E-state index contributed by atoms with van der Waals surface area (Å²) in [6, 6.07) is 0. The van der Waals surface area contributed by atoms with Crippen molar-refractivity contribution in [1.82, 2.24) is 0 Å². The van der Waals surface area contributed by atoms with Crippen molar-refractivity contribution in [2.75, 3.05) is 26.4 Å². The summed E-state index contributed by atoms with van der Waals surface area (Å²) < 4.78 is 16.1. The Kier molecular flexibility index (Phi) is 7.40. The van der Waals surface area contributed by atoms with E-state index < -0.39 is 0 Å². The molecule has 0 amide bonds. The van der Waals surface area contributed by atoms with Crippen molar-refractivity contribution in [2.45, 2.75) is 45.8 Å². The highest BCUT2D eigenvalue weighted by Gasteiger charge is 2.20. The molecule has 0 aromatic rings. The largest absolute Gasteiger partial charge is 0.375 e. The summed E-state index contributed by atoms with van der Waals surface area (Å²) in [5.74, 6) is 0.365. The van der Waals surface area contributed by atoms with Gasteiger partial charge in [-0.1, -0.05) is 20.3 Å². The Morgan fingerprint density at radius 3 is 2.59 bits per heavy atom. The van der Waals surface area contributed by atoms with Crippen molar-refractivity contribution < 1.29 is 19.0 Å². The van der Waals surface area contributed by atoms with E-state index in [0.29, 0.717) is 38.6 Å². The van der Waals surface area contributed by atoms with E-state index in [0.717, 1.165) is 19.3 Å². The van der Waals surface area contributed by atoms with E-state index in [2.05, 4.69) is 6.92 Å². The van der Waals surface area contributed by atoms with E-state index in [-0.39, 0.29) is 12.2 Å². The van der Waals surface area contributed by atoms with Crippen molar-refractivity contribution in [3.05, 3.63) is 0 Å². The first-order chi connectivity index (χ1) is 8.27. The third-order valence-electron chi connectivity index (χ3n) is 2.85. The molecule has 0 radical (unpaired) electrons. The van der Waals surface area contributed by atoms with E-state index in [4.69, 9.17) is 14.2 Å². The quantitative estimate of drug-likeness (QED) is 0.623. The lowest BCUT2D eigenvalue weighted by molar-refractivity contribution is -0.129. The number of carbonyl (C=O) groups is 1. The summed E-state index contributed by atoms with van der Waals surface area (Å²) in [6.07, 6.45) is 3.25. The number of rotatable bonds is 9. The lowest BCUT2D eigenvalue weighted by atomic mass is 9.96. The minimum Gasteiger partial charge on any atom is -0.375 e. The van der Waals surface area contributed by atoms with E-state index in [1.165, 1.54) is 0 Å². The predicted octanol–water partition coefficient (Wildman–Crippen LogP) is 2.16. The fourth-order valence-electron chi connectivity index (χ4n) is 1.95. The molecule has 4 heteroatoms. The minimum atomic E-state index is -0.237. The van der Waals surface area contributed by atoms with Gasteiger partial charge in [-0.3, -0.25) is 4.79 Å². The Morgan fingerprint density at radius 1 is 1.29 bits per heavy atom. The fourth-order valence-corrected chi connectivity index (χ4v) is 1.95. The number of carbonyl (C=O) groups excluding carboxylic acids is 1. The Labute approximate surface area is 104 Å². The Balaban J connectivity index is 2.20. The SMILES string of the molecule is CCCC(=O)C(CCC)COCC1OCCO1. The first-order valence-electron chi connectivity index (χ1n) is 6.61. The molecule has 0 saturated carbocycles. The lowest BCUT2D eigenvalue weighted by Crippen LogP contribution is -2.24. The molecular weight excluding hydrogens is 220 g/mol. The summed E-state index contributed by atoms with van der Waals surface area (Å²) in [5, 5.41) is 0. The summed E-state index contributed by atoms with van der Waals surface area (Å²) in [7, 11) is 0. The molecule has 4 nitrogen and oxygen atoms in total. The summed E-state index contributed by atoms with van der Waals surface area (Å²) in [5.41, 5.74) is 0. The molecule has 0 spiro atoms. The lowest BCUT2D eigenvalue weighted by Gasteiger charge is -2.16. The number of hydrogen-bond acceptors (Lipinski definition) is 4.